The smallest absolute Gasteiger partial charge is 0.255 e. The summed E-state index contributed by atoms with van der Waals surface area (Å²) in [5, 5.41) is 15.6. The van der Waals surface area contributed by atoms with Crippen molar-refractivity contribution in [2.75, 3.05) is 39.0 Å². The Balaban J connectivity index is 1.29. The number of methoxy groups -OCH3 is 1. The molecule has 35 heavy (non-hydrogen) atoms. The predicted octanol–water partition coefficient (Wildman–Crippen LogP) is 1.81. The van der Waals surface area contributed by atoms with E-state index in [9.17, 15) is 14.7 Å². The number of nitrogens with one attached hydrogen (secondary N) is 2. The van der Waals surface area contributed by atoms with Crippen LogP contribution in [0.5, 0.6) is 17.2 Å². The number of aliphatic hydroxyl groups is 1. The highest BCUT2D eigenvalue weighted by Gasteiger charge is 2.46. The minimum Gasteiger partial charge on any atom is -0.487 e. The Labute approximate surface area is 202 Å². The van der Waals surface area contributed by atoms with E-state index >= 15 is 0 Å². The minimum absolute atomic E-state index is 0.0740. The molecule has 0 unspecified atom stereocenters. The summed E-state index contributed by atoms with van der Waals surface area (Å²) in [7, 11) is 1.58. The molecule has 3 aliphatic heterocycles. The van der Waals surface area contributed by atoms with Gasteiger partial charge >= 0.3 is 0 Å². The zero-order valence-electron chi connectivity index (χ0n) is 19.3. The Kier molecular flexibility index (Phi) is 6.76. The average Bonchev–Trinajstić information content (AvgIpc) is 3.47. The van der Waals surface area contributed by atoms with Crippen molar-refractivity contribution in [2.45, 2.75) is 37.1 Å². The van der Waals surface area contributed by atoms with E-state index in [1.807, 2.05) is 12.1 Å². The number of ether oxygens (including phenoxy) is 5. The second-order valence-electron chi connectivity index (χ2n) is 8.73. The molecular formula is C25H28N2O8. The number of anilines is 1. The number of hydrogen-bond donors (Lipinski definition) is 3. The summed E-state index contributed by atoms with van der Waals surface area (Å²) in [4.78, 5) is 25.1. The summed E-state index contributed by atoms with van der Waals surface area (Å²) in [6, 6.07) is 10.5. The molecule has 1 saturated heterocycles. The number of carbonyl (C=O) groups is 2. The van der Waals surface area contributed by atoms with Gasteiger partial charge in [-0.05, 0) is 42.8 Å². The molecule has 186 valence electrons. The van der Waals surface area contributed by atoms with Gasteiger partial charge in [-0.15, -0.1) is 0 Å². The van der Waals surface area contributed by atoms with E-state index < -0.39 is 6.10 Å². The highest BCUT2D eigenvalue weighted by molar-refractivity contribution is 6.04. The van der Waals surface area contributed by atoms with Crippen molar-refractivity contribution in [3.05, 3.63) is 47.5 Å². The lowest BCUT2D eigenvalue weighted by atomic mass is 9.84. The Morgan fingerprint density at radius 2 is 1.94 bits per heavy atom. The zero-order valence-corrected chi connectivity index (χ0v) is 19.3. The molecule has 3 aliphatic rings. The predicted molar refractivity (Wildman–Crippen MR) is 124 cm³/mol. The van der Waals surface area contributed by atoms with Gasteiger partial charge in [0, 0.05) is 36.4 Å². The van der Waals surface area contributed by atoms with Gasteiger partial charge in [0.25, 0.3) is 5.91 Å². The van der Waals surface area contributed by atoms with Crippen LogP contribution in [0.4, 0.5) is 5.69 Å². The monoisotopic (exact) mass is 484 g/mol. The van der Waals surface area contributed by atoms with Crippen LogP contribution in [0.1, 0.15) is 34.7 Å². The molecule has 2 aromatic rings. The Morgan fingerprint density at radius 3 is 2.77 bits per heavy atom. The highest BCUT2D eigenvalue weighted by Crippen LogP contribution is 2.47. The van der Waals surface area contributed by atoms with Gasteiger partial charge in [0.05, 0.1) is 25.7 Å². The molecule has 2 amide bonds. The summed E-state index contributed by atoms with van der Waals surface area (Å²) >= 11 is 0. The van der Waals surface area contributed by atoms with Gasteiger partial charge in [0.2, 0.25) is 12.7 Å². The van der Waals surface area contributed by atoms with Gasteiger partial charge in [-0.1, -0.05) is 0 Å². The molecule has 0 radical (unpaired) electrons. The molecule has 2 aromatic carbocycles. The topological polar surface area (TPSA) is 125 Å². The molecule has 4 atom stereocenters. The first-order valence-electron chi connectivity index (χ1n) is 11.6. The van der Waals surface area contributed by atoms with Crippen LogP contribution in [0.25, 0.3) is 0 Å². The second-order valence-corrected chi connectivity index (χ2v) is 8.73. The fourth-order valence-corrected chi connectivity index (χ4v) is 4.78. The van der Waals surface area contributed by atoms with Crippen molar-refractivity contribution in [3.63, 3.8) is 0 Å². The molecular weight excluding hydrogens is 456 g/mol. The van der Waals surface area contributed by atoms with Crippen LogP contribution >= 0.6 is 0 Å². The third kappa shape index (κ3) is 4.90. The number of fused-ring (bicyclic) bond motifs is 4. The fourth-order valence-electron chi connectivity index (χ4n) is 4.78. The summed E-state index contributed by atoms with van der Waals surface area (Å²) in [6.07, 6.45) is -0.533. The van der Waals surface area contributed by atoms with Crippen molar-refractivity contribution >= 4 is 17.5 Å². The number of hydrogen-bond acceptors (Lipinski definition) is 8. The Bertz CT molecular complexity index is 1110. The van der Waals surface area contributed by atoms with Gasteiger partial charge in [-0.3, -0.25) is 9.59 Å². The van der Waals surface area contributed by atoms with Gasteiger partial charge in [0.1, 0.15) is 18.0 Å². The zero-order chi connectivity index (χ0) is 24.4. The lowest BCUT2D eigenvalue weighted by Crippen LogP contribution is -2.47. The van der Waals surface area contributed by atoms with E-state index in [1.54, 1.807) is 31.4 Å². The van der Waals surface area contributed by atoms with Crippen LogP contribution in [0, 0.1) is 0 Å². The highest BCUT2D eigenvalue weighted by atomic mass is 16.7. The van der Waals surface area contributed by atoms with Crippen LogP contribution in [0.3, 0.4) is 0 Å². The molecule has 3 N–H and O–H groups in total. The lowest BCUT2D eigenvalue weighted by Gasteiger charge is -2.37. The van der Waals surface area contributed by atoms with Crippen molar-refractivity contribution < 1.29 is 38.4 Å². The molecule has 10 nitrogen and oxygen atoms in total. The number of rotatable bonds is 8. The average molecular weight is 485 g/mol. The number of aliphatic hydroxyl groups excluding tert-OH is 1. The molecule has 0 spiro atoms. The first-order chi connectivity index (χ1) is 17.1. The summed E-state index contributed by atoms with van der Waals surface area (Å²) in [5.74, 6) is 1.36. The van der Waals surface area contributed by atoms with Crippen molar-refractivity contribution in [1.82, 2.24) is 5.32 Å². The fraction of sp³-hybridized carbons (Fsp3) is 0.440. The van der Waals surface area contributed by atoms with Crippen molar-refractivity contribution in [3.8, 4) is 17.2 Å². The largest absolute Gasteiger partial charge is 0.487 e. The first kappa shape index (κ1) is 23.4. The SMILES string of the molecule is COCCNC(=O)C[C@H]1C[C@H]2c3cc(NC(=O)c4ccc5c(c4)OCO5)ccc3O[C@H]2[C@H](CO)O1. The van der Waals surface area contributed by atoms with Crippen molar-refractivity contribution in [2.24, 2.45) is 0 Å². The third-order valence-electron chi connectivity index (χ3n) is 6.43. The molecule has 0 aromatic heterocycles. The molecule has 1 fully saturated rings. The van der Waals surface area contributed by atoms with Crippen LogP contribution < -0.4 is 24.8 Å². The van der Waals surface area contributed by atoms with E-state index in [-0.39, 0.29) is 49.8 Å². The molecule has 3 heterocycles. The maximum atomic E-state index is 12.8. The quantitative estimate of drug-likeness (QED) is 0.485. The second kappa shape index (κ2) is 10.1. The van der Waals surface area contributed by atoms with Crippen molar-refractivity contribution in [1.29, 1.82) is 0 Å². The Hall–Kier alpha value is -3.34. The maximum Gasteiger partial charge on any atom is 0.255 e. The minimum atomic E-state index is -0.551. The standard InChI is InChI=1S/C25H28N2O8/c1-31-7-6-26-23(29)11-16-10-18-17-9-15(3-5-19(17)35-24(18)22(12-28)34-16)27-25(30)14-2-4-20-21(8-14)33-13-32-20/h2-5,8-9,16,18,22,24,28H,6-7,10-13H2,1H3,(H,26,29)(H,27,30)/t16-,18+,22+,24-/m1/s1. The van der Waals surface area contributed by atoms with Crippen LogP contribution in [0.2, 0.25) is 0 Å². The summed E-state index contributed by atoms with van der Waals surface area (Å²) in [5.41, 5.74) is 2.00. The summed E-state index contributed by atoms with van der Waals surface area (Å²) < 4.78 is 27.7. The molecule has 0 saturated carbocycles. The van der Waals surface area contributed by atoms with E-state index in [1.165, 1.54) is 0 Å². The maximum absolute atomic E-state index is 12.8. The van der Waals surface area contributed by atoms with Gasteiger partial charge < -0.3 is 39.4 Å². The van der Waals surface area contributed by atoms with Crippen LogP contribution in [-0.4, -0.2) is 68.9 Å². The van der Waals surface area contributed by atoms with E-state index in [0.29, 0.717) is 48.1 Å². The normalized spacial score (nSPS) is 23.7. The van der Waals surface area contributed by atoms with E-state index in [4.69, 9.17) is 23.7 Å². The third-order valence-corrected chi connectivity index (χ3v) is 6.43. The molecule has 0 aliphatic carbocycles. The van der Waals surface area contributed by atoms with E-state index in [0.717, 1.165) is 5.56 Å². The van der Waals surface area contributed by atoms with Gasteiger partial charge in [-0.2, -0.15) is 0 Å². The van der Waals surface area contributed by atoms with Crippen LogP contribution in [0.15, 0.2) is 36.4 Å². The van der Waals surface area contributed by atoms with Gasteiger partial charge in [-0.25, -0.2) is 0 Å². The molecule has 5 rings (SSSR count). The summed E-state index contributed by atoms with van der Waals surface area (Å²) in [6.45, 7) is 0.784. The van der Waals surface area contributed by atoms with Gasteiger partial charge in [0.15, 0.2) is 11.5 Å². The van der Waals surface area contributed by atoms with Crippen LogP contribution in [-0.2, 0) is 14.3 Å². The molecule has 10 heteroatoms. The molecule has 0 bridgehead atoms. The van der Waals surface area contributed by atoms with E-state index in [2.05, 4.69) is 10.6 Å². The lowest BCUT2D eigenvalue weighted by molar-refractivity contribution is -0.142. The number of benzene rings is 2. The Morgan fingerprint density at radius 1 is 1.11 bits per heavy atom. The number of carbonyl (C=O) groups excluding carboxylic acids is 2. The number of amides is 2. The first-order valence-corrected chi connectivity index (χ1v) is 11.6.